The largest absolute Gasteiger partial charge is 0.478 e. The summed E-state index contributed by atoms with van der Waals surface area (Å²) in [7, 11) is 1.57. The molecule has 0 atom stereocenters. The van der Waals surface area contributed by atoms with Crippen molar-refractivity contribution < 1.29 is 14.7 Å². The molecule has 1 amide bonds. The maximum absolute atomic E-state index is 11.7. The minimum Gasteiger partial charge on any atom is -0.478 e. The summed E-state index contributed by atoms with van der Waals surface area (Å²) >= 11 is 1.03. The molecule has 0 fully saturated rings. The van der Waals surface area contributed by atoms with E-state index >= 15 is 0 Å². The van der Waals surface area contributed by atoms with Crippen molar-refractivity contribution in [2.75, 3.05) is 11.9 Å². The number of anilines is 1. The van der Waals surface area contributed by atoms with Crippen LogP contribution in [0.1, 0.15) is 29.9 Å². The first-order valence-electron chi connectivity index (χ1n) is 4.83. The molecule has 0 bridgehead atoms. The minimum atomic E-state index is -1.05. The number of aromatic carboxylic acids is 1. The summed E-state index contributed by atoms with van der Waals surface area (Å²) in [6, 6.07) is 0. The first-order chi connectivity index (χ1) is 7.36. The van der Waals surface area contributed by atoms with Gasteiger partial charge in [-0.15, -0.1) is 0 Å². The van der Waals surface area contributed by atoms with Crippen molar-refractivity contribution in [1.82, 2.24) is 4.37 Å². The summed E-state index contributed by atoms with van der Waals surface area (Å²) in [4.78, 5) is 24.1. The smallest absolute Gasteiger partial charge is 0.340 e. The van der Waals surface area contributed by atoms with Crippen LogP contribution in [0, 0.1) is 12.8 Å². The molecular formula is C10H14N2O3S. The van der Waals surface area contributed by atoms with Crippen LogP contribution in [0.25, 0.3) is 0 Å². The standard InChI is InChI=1S/C10H14N2O3S/c1-5(2)8(13)12(4)9-7(10(14)15)6(3)11-16-9/h5H,1-4H3,(H,14,15). The second-order valence-corrected chi connectivity index (χ2v) is 4.56. The van der Waals surface area contributed by atoms with Gasteiger partial charge in [0.15, 0.2) is 0 Å². The van der Waals surface area contributed by atoms with E-state index in [1.54, 1.807) is 27.8 Å². The lowest BCUT2D eigenvalue weighted by atomic mass is 10.2. The molecule has 1 N–H and O–H groups in total. The molecule has 0 saturated heterocycles. The maximum Gasteiger partial charge on any atom is 0.340 e. The lowest BCUT2D eigenvalue weighted by Gasteiger charge is -2.17. The third kappa shape index (κ3) is 2.21. The monoisotopic (exact) mass is 242 g/mol. The van der Waals surface area contributed by atoms with Crippen LogP contribution in [0.4, 0.5) is 5.00 Å². The first kappa shape index (κ1) is 12.6. The lowest BCUT2D eigenvalue weighted by molar-refractivity contribution is -0.121. The molecule has 5 nitrogen and oxygen atoms in total. The molecule has 0 spiro atoms. The molecule has 16 heavy (non-hydrogen) atoms. The van der Waals surface area contributed by atoms with E-state index in [0.717, 1.165) is 11.5 Å². The summed E-state index contributed by atoms with van der Waals surface area (Å²) in [5.74, 6) is -1.34. The predicted octanol–water partition coefficient (Wildman–Crippen LogP) is 1.77. The number of amides is 1. The van der Waals surface area contributed by atoms with Crippen molar-refractivity contribution in [2.45, 2.75) is 20.8 Å². The van der Waals surface area contributed by atoms with Crippen molar-refractivity contribution in [3.05, 3.63) is 11.3 Å². The lowest BCUT2D eigenvalue weighted by Crippen LogP contribution is -2.30. The van der Waals surface area contributed by atoms with Crippen molar-refractivity contribution >= 4 is 28.4 Å². The molecule has 6 heteroatoms. The Labute approximate surface area is 97.9 Å². The molecule has 88 valence electrons. The molecule has 0 aliphatic heterocycles. The summed E-state index contributed by atoms with van der Waals surface area (Å²) in [5, 5.41) is 9.43. The van der Waals surface area contributed by atoms with Crippen LogP contribution in [-0.4, -0.2) is 28.4 Å². The number of nitrogens with zero attached hydrogens (tertiary/aromatic N) is 2. The van der Waals surface area contributed by atoms with Crippen molar-refractivity contribution in [3.8, 4) is 0 Å². The fraction of sp³-hybridized carbons (Fsp3) is 0.500. The summed E-state index contributed by atoms with van der Waals surface area (Å²) in [5.41, 5.74) is 0.553. The van der Waals surface area contributed by atoms with E-state index in [1.807, 2.05) is 0 Å². The summed E-state index contributed by atoms with van der Waals surface area (Å²) in [6.45, 7) is 5.16. The SMILES string of the molecule is Cc1nsc(N(C)C(=O)C(C)C)c1C(=O)O. The number of hydrogen-bond acceptors (Lipinski definition) is 4. The topological polar surface area (TPSA) is 70.5 Å². The molecule has 1 aromatic rings. The van der Waals surface area contributed by atoms with Gasteiger partial charge in [-0.05, 0) is 18.5 Å². The van der Waals surface area contributed by atoms with Gasteiger partial charge in [0.25, 0.3) is 0 Å². The number of hydrogen-bond donors (Lipinski definition) is 1. The van der Waals surface area contributed by atoms with E-state index < -0.39 is 5.97 Å². The summed E-state index contributed by atoms with van der Waals surface area (Å²) < 4.78 is 3.97. The Morgan fingerprint density at radius 1 is 1.44 bits per heavy atom. The van der Waals surface area contributed by atoms with Crippen LogP contribution in [0.5, 0.6) is 0 Å². The number of aromatic nitrogens is 1. The van der Waals surface area contributed by atoms with Gasteiger partial charge in [0, 0.05) is 13.0 Å². The average Bonchev–Trinajstić information content (AvgIpc) is 2.57. The maximum atomic E-state index is 11.7. The Bertz CT molecular complexity index is 426. The Morgan fingerprint density at radius 3 is 2.44 bits per heavy atom. The predicted molar refractivity (Wildman–Crippen MR) is 62.1 cm³/mol. The van der Waals surface area contributed by atoms with Gasteiger partial charge < -0.3 is 10.0 Å². The van der Waals surface area contributed by atoms with Crippen LogP contribution < -0.4 is 4.90 Å². The molecule has 0 aliphatic rings. The van der Waals surface area contributed by atoms with Crippen LogP contribution in [-0.2, 0) is 4.79 Å². The molecule has 1 heterocycles. The second kappa shape index (κ2) is 4.61. The Balaban J connectivity index is 3.14. The van der Waals surface area contributed by atoms with E-state index in [4.69, 9.17) is 5.11 Å². The van der Waals surface area contributed by atoms with Crippen LogP contribution >= 0.6 is 11.5 Å². The number of carbonyl (C=O) groups excluding carboxylic acids is 1. The number of carboxylic acids is 1. The molecule has 0 saturated carbocycles. The van der Waals surface area contributed by atoms with Crippen LogP contribution in [0.15, 0.2) is 0 Å². The molecule has 0 unspecified atom stereocenters. The highest BCUT2D eigenvalue weighted by molar-refractivity contribution is 7.11. The molecule has 0 aromatic carbocycles. The zero-order chi connectivity index (χ0) is 12.5. The van der Waals surface area contributed by atoms with Gasteiger partial charge in [0.2, 0.25) is 5.91 Å². The average molecular weight is 242 g/mol. The number of carboxylic acid groups (broad SMARTS) is 1. The molecule has 1 rings (SSSR count). The van der Waals surface area contributed by atoms with Gasteiger partial charge in [-0.1, -0.05) is 13.8 Å². The van der Waals surface area contributed by atoms with E-state index in [2.05, 4.69) is 4.37 Å². The second-order valence-electron chi connectivity index (χ2n) is 3.81. The third-order valence-corrected chi connectivity index (χ3v) is 3.20. The Kier molecular flexibility index (Phi) is 3.64. The van der Waals surface area contributed by atoms with Gasteiger partial charge in [-0.25, -0.2) is 4.79 Å². The Hall–Kier alpha value is -1.43. The highest BCUT2D eigenvalue weighted by Crippen LogP contribution is 2.28. The molecule has 0 radical (unpaired) electrons. The molecule has 0 aliphatic carbocycles. The van der Waals surface area contributed by atoms with Crippen molar-refractivity contribution in [3.63, 3.8) is 0 Å². The normalized spacial score (nSPS) is 10.6. The highest BCUT2D eigenvalue weighted by Gasteiger charge is 2.24. The van der Waals surface area contributed by atoms with Crippen molar-refractivity contribution in [1.29, 1.82) is 0 Å². The number of aryl methyl sites for hydroxylation is 1. The number of carbonyl (C=O) groups is 2. The summed E-state index contributed by atoms with van der Waals surface area (Å²) in [6.07, 6.45) is 0. The third-order valence-electron chi connectivity index (χ3n) is 2.19. The minimum absolute atomic E-state index is 0.113. The van der Waals surface area contributed by atoms with E-state index in [1.165, 1.54) is 4.90 Å². The first-order valence-corrected chi connectivity index (χ1v) is 5.60. The van der Waals surface area contributed by atoms with Gasteiger partial charge in [0.05, 0.1) is 5.69 Å². The van der Waals surface area contributed by atoms with E-state index in [9.17, 15) is 9.59 Å². The fourth-order valence-electron chi connectivity index (χ4n) is 1.32. The van der Waals surface area contributed by atoms with Gasteiger partial charge >= 0.3 is 5.97 Å². The zero-order valence-corrected chi connectivity index (χ0v) is 10.5. The van der Waals surface area contributed by atoms with Gasteiger partial charge in [-0.2, -0.15) is 4.37 Å². The number of rotatable bonds is 3. The van der Waals surface area contributed by atoms with E-state index in [-0.39, 0.29) is 17.4 Å². The molecular weight excluding hydrogens is 228 g/mol. The van der Waals surface area contributed by atoms with Crippen LogP contribution in [0.2, 0.25) is 0 Å². The zero-order valence-electron chi connectivity index (χ0n) is 9.64. The quantitative estimate of drug-likeness (QED) is 0.876. The van der Waals surface area contributed by atoms with E-state index in [0.29, 0.717) is 10.7 Å². The Morgan fingerprint density at radius 2 is 2.00 bits per heavy atom. The fourth-order valence-corrected chi connectivity index (χ4v) is 2.17. The highest BCUT2D eigenvalue weighted by atomic mass is 32.1. The van der Waals surface area contributed by atoms with Gasteiger partial charge in [-0.3, -0.25) is 4.79 Å². The van der Waals surface area contributed by atoms with Gasteiger partial charge in [0.1, 0.15) is 10.6 Å². The molecule has 1 aromatic heterocycles. The van der Waals surface area contributed by atoms with Crippen LogP contribution in [0.3, 0.4) is 0 Å². The van der Waals surface area contributed by atoms with Crippen molar-refractivity contribution in [2.24, 2.45) is 5.92 Å².